The van der Waals surface area contributed by atoms with Gasteiger partial charge in [0.05, 0.1) is 22.9 Å². The summed E-state index contributed by atoms with van der Waals surface area (Å²) in [6.07, 6.45) is 2.39. The second-order valence-electron chi connectivity index (χ2n) is 6.06. The molecule has 1 fully saturated rings. The molecule has 3 rings (SSSR count). The minimum atomic E-state index is -0.135. The number of aromatic nitrogens is 1. The van der Waals surface area contributed by atoms with Crippen molar-refractivity contribution in [2.45, 2.75) is 19.4 Å². The van der Waals surface area contributed by atoms with E-state index in [1.807, 2.05) is 36.5 Å². The van der Waals surface area contributed by atoms with Gasteiger partial charge in [0.25, 0.3) is 5.91 Å². The molecule has 1 aliphatic heterocycles. The zero-order valence-corrected chi connectivity index (χ0v) is 15.5. The Morgan fingerprint density at radius 3 is 2.75 bits per heavy atom. The molecule has 2 aromatic rings. The molecule has 0 unspecified atom stereocenters. The first-order valence-electron chi connectivity index (χ1n) is 7.99. The summed E-state index contributed by atoms with van der Waals surface area (Å²) in [5.41, 5.74) is 2.45. The molecule has 2 heterocycles. The SMILES string of the molecule is CN(C)c1nc(CNC(=O)c2ccc(N3CCCC3)c(Cl)c2)cs1. The van der Waals surface area contributed by atoms with Gasteiger partial charge in [-0.3, -0.25) is 4.79 Å². The smallest absolute Gasteiger partial charge is 0.251 e. The van der Waals surface area contributed by atoms with E-state index in [2.05, 4.69) is 15.2 Å². The standard InChI is InChI=1S/C17H21ClN4OS/c1-21(2)17-20-13(11-24-17)10-19-16(23)12-5-6-15(14(18)9-12)22-7-3-4-8-22/h5-6,9,11H,3-4,7-8,10H2,1-2H3,(H,19,23). The van der Waals surface area contributed by atoms with Crippen LogP contribution < -0.4 is 15.1 Å². The number of amides is 1. The molecule has 1 aromatic carbocycles. The van der Waals surface area contributed by atoms with Crippen LogP contribution in [-0.4, -0.2) is 38.1 Å². The Bertz CT molecular complexity index is 725. The van der Waals surface area contributed by atoms with E-state index in [0.29, 0.717) is 17.1 Å². The predicted octanol–water partition coefficient (Wildman–Crippen LogP) is 3.39. The summed E-state index contributed by atoms with van der Waals surface area (Å²) >= 11 is 7.93. The van der Waals surface area contributed by atoms with Crippen LogP contribution in [0.4, 0.5) is 10.8 Å². The summed E-state index contributed by atoms with van der Waals surface area (Å²) in [5, 5.41) is 6.42. The van der Waals surface area contributed by atoms with E-state index in [0.717, 1.165) is 29.6 Å². The number of thiazole rings is 1. The van der Waals surface area contributed by atoms with E-state index in [-0.39, 0.29) is 5.91 Å². The zero-order valence-electron chi connectivity index (χ0n) is 13.9. The van der Waals surface area contributed by atoms with Crippen molar-refractivity contribution < 1.29 is 4.79 Å². The Kier molecular flexibility index (Phi) is 5.26. The van der Waals surface area contributed by atoms with Crippen LogP contribution in [0, 0.1) is 0 Å². The summed E-state index contributed by atoms with van der Waals surface area (Å²) in [7, 11) is 3.90. The monoisotopic (exact) mass is 364 g/mol. The summed E-state index contributed by atoms with van der Waals surface area (Å²) < 4.78 is 0. The van der Waals surface area contributed by atoms with Crippen LogP contribution in [0.5, 0.6) is 0 Å². The Morgan fingerprint density at radius 2 is 2.12 bits per heavy atom. The van der Waals surface area contributed by atoms with Crippen molar-refractivity contribution in [2.75, 3.05) is 37.0 Å². The van der Waals surface area contributed by atoms with E-state index in [1.165, 1.54) is 12.8 Å². The second-order valence-corrected chi connectivity index (χ2v) is 7.30. The van der Waals surface area contributed by atoms with Crippen molar-refractivity contribution in [1.29, 1.82) is 0 Å². The highest BCUT2D eigenvalue weighted by atomic mass is 35.5. The van der Waals surface area contributed by atoms with Crippen LogP contribution in [0.3, 0.4) is 0 Å². The number of nitrogens with zero attached hydrogens (tertiary/aromatic N) is 3. The van der Waals surface area contributed by atoms with E-state index < -0.39 is 0 Å². The minimum absolute atomic E-state index is 0.135. The summed E-state index contributed by atoms with van der Waals surface area (Å²) in [5.74, 6) is -0.135. The van der Waals surface area contributed by atoms with Gasteiger partial charge in [-0.25, -0.2) is 4.98 Å². The first kappa shape index (κ1) is 17.0. The minimum Gasteiger partial charge on any atom is -0.370 e. The average Bonchev–Trinajstić information content (AvgIpc) is 3.24. The van der Waals surface area contributed by atoms with Crippen molar-refractivity contribution in [2.24, 2.45) is 0 Å². The third-order valence-electron chi connectivity index (χ3n) is 4.01. The molecule has 1 N–H and O–H groups in total. The molecule has 24 heavy (non-hydrogen) atoms. The molecule has 0 aliphatic carbocycles. The Balaban J connectivity index is 1.63. The number of carbonyl (C=O) groups excluding carboxylic acids is 1. The van der Waals surface area contributed by atoms with Gasteiger partial charge in [-0.1, -0.05) is 11.6 Å². The van der Waals surface area contributed by atoms with E-state index in [1.54, 1.807) is 17.4 Å². The lowest BCUT2D eigenvalue weighted by molar-refractivity contribution is 0.0950. The number of rotatable bonds is 5. The molecule has 128 valence electrons. The highest BCUT2D eigenvalue weighted by molar-refractivity contribution is 7.13. The fraction of sp³-hybridized carbons (Fsp3) is 0.412. The summed E-state index contributed by atoms with van der Waals surface area (Å²) in [6, 6.07) is 5.52. The van der Waals surface area contributed by atoms with Crippen LogP contribution in [-0.2, 0) is 6.54 Å². The molecular formula is C17H21ClN4OS. The maximum Gasteiger partial charge on any atom is 0.251 e. The van der Waals surface area contributed by atoms with Crippen LogP contribution in [0.15, 0.2) is 23.6 Å². The molecule has 1 aliphatic rings. The maximum absolute atomic E-state index is 12.3. The molecular weight excluding hydrogens is 344 g/mol. The average molecular weight is 365 g/mol. The highest BCUT2D eigenvalue weighted by Gasteiger charge is 2.17. The number of hydrogen-bond donors (Lipinski definition) is 1. The van der Waals surface area contributed by atoms with Gasteiger partial charge in [0.15, 0.2) is 5.13 Å². The molecule has 0 bridgehead atoms. The zero-order chi connectivity index (χ0) is 17.1. The Morgan fingerprint density at radius 1 is 1.38 bits per heavy atom. The normalized spacial score (nSPS) is 14.0. The Labute approximate surface area is 151 Å². The number of carbonyl (C=O) groups is 1. The molecule has 1 amide bonds. The molecule has 5 nitrogen and oxygen atoms in total. The third-order valence-corrected chi connectivity index (χ3v) is 5.37. The molecule has 1 aromatic heterocycles. The lowest BCUT2D eigenvalue weighted by atomic mass is 10.2. The first-order chi connectivity index (χ1) is 11.5. The molecule has 0 radical (unpaired) electrons. The lowest BCUT2D eigenvalue weighted by Gasteiger charge is -2.19. The summed E-state index contributed by atoms with van der Waals surface area (Å²) in [6.45, 7) is 2.47. The first-order valence-corrected chi connectivity index (χ1v) is 9.25. The molecule has 0 saturated carbocycles. The van der Waals surface area contributed by atoms with Gasteiger partial charge in [0.1, 0.15) is 0 Å². The lowest BCUT2D eigenvalue weighted by Crippen LogP contribution is -2.23. The number of halogens is 1. The highest BCUT2D eigenvalue weighted by Crippen LogP contribution is 2.29. The van der Waals surface area contributed by atoms with Crippen molar-refractivity contribution in [1.82, 2.24) is 10.3 Å². The van der Waals surface area contributed by atoms with E-state index in [9.17, 15) is 4.79 Å². The van der Waals surface area contributed by atoms with Crippen LogP contribution in [0.1, 0.15) is 28.9 Å². The molecule has 0 atom stereocenters. The number of hydrogen-bond acceptors (Lipinski definition) is 5. The number of benzene rings is 1. The maximum atomic E-state index is 12.3. The van der Waals surface area contributed by atoms with Crippen molar-refractivity contribution in [3.05, 3.63) is 39.9 Å². The second kappa shape index (κ2) is 7.40. The third kappa shape index (κ3) is 3.82. The number of anilines is 2. The predicted molar refractivity (Wildman–Crippen MR) is 101 cm³/mol. The fourth-order valence-corrected chi connectivity index (χ4v) is 3.78. The van der Waals surface area contributed by atoms with Crippen molar-refractivity contribution in [3.63, 3.8) is 0 Å². The molecule has 7 heteroatoms. The van der Waals surface area contributed by atoms with E-state index >= 15 is 0 Å². The van der Waals surface area contributed by atoms with Crippen LogP contribution >= 0.6 is 22.9 Å². The van der Waals surface area contributed by atoms with Gasteiger partial charge in [-0.05, 0) is 31.0 Å². The van der Waals surface area contributed by atoms with Gasteiger partial charge in [0, 0.05) is 38.1 Å². The topological polar surface area (TPSA) is 48.5 Å². The van der Waals surface area contributed by atoms with Crippen molar-refractivity contribution >= 4 is 39.7 Å². The van der Waals surface area contributed by atoms with Crippen LogP contribution in [0.25, 0.3) is 0 Å². The van der Waals surface area contributed by atoms with E-state index in [4.69, 9.17) is 11.6 Å². The quantitative estimate of drug-likeness (QED) is 0.883. The van der Waals surface area contributed by atoms with Gasteiger partial charge in [-0.15, -0.1) is 11.3 Å². The summed E-state index contributed by atoms with van der Waals surface area (Å²) in [4.78, 5) is 21.0. The van der Waals surface area contributed by atoms with Crippen LogP contribution in [0.2, 0.25) is 5.02 Å². The van der Waals surface area contributed by atoms with Gasteiger partial charge in [-0.2, -0.15) is 0 Å². The largest absolute Gasteiger partial charge is 0.370 e. The van der Waals surface area contributed by atoms with Crippen molar-refractivity contribution in [3.8, 4) is 0 Å². The van der Waals surface area contributed by atoms with Gasteiger partial charge in [0.2, 0.25) is 0 Å². The Hall–Kier alpha value is -1.79. The molecule has 1 saturated heterocycles. The fourth-order valence-electron chi connectivity index (χ4n) is 2.72. The van der Waals surface area contributed by atoms with Gasteiger partial charge < -0.3 is 15.1 Å². The van der Waals surface area contributed by atoms with Gasteiger partial charge >= 0.3 is 0 Å². The molecule has 0 spiro atoms. The number of nitrogens with one attached hydrogen (secondary N) is 1.